The van der Waals surface area contributed by atoms with Crippen LogP contribution in [0.15, 0.2) is 85.1 Å². The van der Waals surface area contributed by atoms with E-state index in [1.54, 1.807) is 6.08 Å². The molecule has 1 aliphatic heterocycles. The SMILES string of the molecule is CC/C=C\C/C=C\C/C=C\C/C=C\C/C=C\CC(=O)OC(COC(=O)CCCCCCCCCCC/C=C\C/C=C\CCCCC)COC1OC(CS(=O)(=O)O)C(O)C(O)C1O. The van der Waals surface area contributed by atoms with Crippen LogP contribution in [0.25, 0.3) is 0 Å². The molecular weight excluding hydrogens is 813 g/mol. The molecule has 0 amide bonds. The summed E-state index contributed by atoms with van der Waals surface area (Å²) in [6.07, 6.45) is 40.8. The van der Waals surface area contributed by atoms with Gasteiger partial charge in [-0.1, -0.05) is 157 Å². The Hall–Kier alpha value is -3.17. The molecule has 1 fully saturated rings. The van der Waals surface area contributed by atoms with Crippen molar-refractivity contribution >= 4 is 22.1 Å². The molecule has 0 aliphatic carbocycles. The van der Waals surface area contributed by atoms with Crippen LogP contribution >= 0.6 is 0 Å². The van der Waals surface area contributed by atoms with Crippen LogP contribution in [0.4, 0.5) is 0 Å². The van der Waals surface area contributed by atoms with Gasteiger partial charge in [0.25, 0.3) is 10.1 Å². The van der Waals surface area contributed by atoms with Crippen LogP contribution in [-0.2, 0) is 38.7 Å². The van der Waals surface area contributed by atoms with Crippen molar-refractivity contribution in [3.63, 3.8) is 0 Å². The fourth-order valence-corrected chi connectivity index (χ4v) is 7.12. The normalized spacial score (nSPS) is 20.6. The first kappa shape index (κ1) is 56.8. The van der Waals surface area contributed by atoms with Crippen molar-refractivity contribution in [1.82, 2.24) is 0 Å². The van der Waals surface area contributed by atoms with Crippen LogP contribution in [0.1, 0.15) is 155 Å². The fraction of sp³-hybridized carbons (Fsp3) is 0.673. The second-order valence-corrected chi connectivity index (χ2v) is 17.2. The average Bonchev–Trinajstić information content (AvgIpc) is 3.24. The Bertz CT molecular complexity index is 1460. The van der Waals surface area contributed by atoms with Crippen LogP contribution in [-0.4, -0.2) is 96.0 Å². The van der Waals surface area contributed by atoms with Gasteiger partial charge in [-0.25, -0.2) is 0 Å². The van der Waals surface area contributed by atoms with Crippen LogP contribution in [0.3, 0.4) is 0 Å². The first-order chi connectivity index (χ1) is 30.0. The van der Waals surface area contributed by atoms with Crippen LogP contribution in [0.2, 0.25) is 0 Å². The average molecular weight is 893 g/mol. The van der Waals surface area contributed by atoms with Gasteiger partial charge in [-0.3, -0.25) is 14.1 Å². The third-order valence-electron chi connectivity index (χ3n) is 9.99. The molecule has 1 saturated heterocycles. The van der Waals surface area contributed by atoms with E-state index in [0.717, 1.165) is 57.8 Å². The number of hydrogen-bond donors (Lipinski definition) is 4. The Morgan fingerprint density at radius 3 is 1.60 bits per heavy atom. The summed E-state index contributed by atoms with van der Waals surface area (Å²) < 4.78 is 53.9. The van der Waals surface area contributed by atoms with E-state index in [0.29, 0.717) is 12.8 Å². The quantitative estimate of drug-likeness (QED) is 0.0201. The van der Waals surface area contributed by atoms with E-state index in [2.05, 4.69) is 74.6 Å². The first-order valence-corrected chi connectivity index (χ1v) is 24.8. The lowest BCUT2D eigenvalue weighted by Crippen LogP contribution is -2.60. The third-order valence-corrected chi connectivity index (χ3v) is 10.7. The number of unbranched alkanes of at least 4 members (excludes halogenated alkanes) is 12. The lowest BCUT2D eigenvalue weighted by Gasteiger charge is -2.40. The molecule has 0 bridgehead atoms. The molecule has 0 aromatic carbocycles. The molecule has 13 heteroatoms. The Labute approximate surface area is 373 Å². The van der Waals surface area contributed by atoms with Crippen LogP contribution < -0.4 is 0 Å². The highest BCUT2D eigenvalue weighted by Crippen LogP contribution is 2.24. The van der Waals surface area contributed by atoms with Gasteiger partial charge < -0.3 is 34.3 Å². The summed E-state index contributed by atoms with van der Waals surface area (Å²) in [5, 5.41) is 30.9. The predicted octanol–water partition coefficient (Wildman–Crippen LogP) is 9.67. The minimum Gasteiger partial charge on any atom is -0.462 e. The van der Waals surface area contributed by atoms with E-state index in [9.17, 15) is 37.9 Å². The monoisotopic (exact) mass is 893 g/mol. The number of allylic oxidation sites excluding steroid dienone is 13. The number of carbonyl (C=O) groups is 2. The van der Waals surface area contributed by atoms with Gasteiger partial charge in [0.1, 0.15) is 36.8 Å². The molecule has 6 unspecified atom stereocenters. The molecule has 1 aliphatic rings. The molecule has 0 aromatic heterocycles. The molecule has 0 radical (unpaired) electrons. The number of rotatable bonds is 37. The smallest absolute Gasteiger partial charge is 0.310 e. The highest BCUT2D eigenvalue weighted by atomic mass is 32.2. The lowest BCUT2D eigenvalue weighted by atomic mass is 10.00. The van der Waals surface area contributed by atoms with Crippen molar-refractivity contribution < 1.29 is 56.8 Å². The van der Waals surface area contributed by atoms with E-state index >= 15 is 0 Å². The number of ether oxygens (including phenoxy) is 4. The summed E-state index contributed by atoms with van der Waals surface area (Å²) in [6, 6.07) is 0. The van der Waals surface area contributed by atoms with Crippen LogP contribution in [0, 0.1) is 0 Å². The first-order valence-electron chi connectivity index (χ1n) is 23.1. The van der Waals surface area contributed by atoms with E-state index < -0.39 is 71.2 Å². The molecular formula is C49H80O12S. The molecule has 354 valence electrons. The Kier molecular flexibility index (Phi) is 35.1. The van der Waals surface area contributed by atoms with Gasteiger partial charge in [0.2, 0.25) is 0 Å². The predicted molar refractivity (Wildman–Crippen MR) is 247 cm³/mol. The number of carbonyl (C=O) groups excluding carboxylic acids is 2. The topological polar surface area (TPSA) is 186 Å². The summed E-state index contributed by atoms with van der Waals surface area (Å²) >= 11 is 0. The molecule has 0 aromatic rings. The van der Waals surface area contributed by atoms with Crippen LogP contribution in [0.5, 0.6) is 0 Å². The van der Waals surface area contributed by atoms with E-state index in [-0.39, 0.29) is 19.4 Å². The molecule has 1 rings (SSSR count). The van der Waals surface area contributed by atoms with E-state index in [1.807, 2.05) is 18.2 Å². The Morgan fingerprint density at radius 2 is 1.06 bits per heavy atom. The highest BCUT2D eigenvalue weighted by molar-refractivity contribution is 7.85. The van der Waals surface area contributed by atoms with Crippen molar-refractivity contribution in [2.45, 2.75) is 192 Å². The zero-order valence-electron chi connectivity index (χ0n) is 37.7. The maximum atomic E-state index is 12.8. The molecule has 1 heterocycles. The Morgan fingerprint density at radius 1 is 0.581 bits per heavy atom. The van der Waals surface area contributed by atoms with Crippen molar-refractivity contribution in [3.8, 4) is 0 Å². The van der Waals surface area contributed by atoms with Gasteiger partial charge in [-0.2, -0.15) is 8.42 Å². The minimum atomic E-state index is -4.62. The Balaban J connectivity index is 2.48. The largest absolute Gasteiger partial charge is 0.462 e. The van der Waals surface area contributed by atoms with Crippen molar-refractivity contribution in [1.29, 1.82) is 0 Å². The fourth-order valence-electron chi connectivity index (χ4n) is 6.43. The van der Waals surface area contributed by atoms with E-state index in [4.69, 9.17) is 18.9 Å². The second kappa shape index (κ2) is 38.3. The molecule has 0 spiro atoms. The lowest BCUT2D eigenvalue weighted by molar-refractivity contribution is -0.297. The molecule has 62 heavy (non-hydrogen) atoms. The number of esters is 2. The third kappa shape index (κ3) is 32.5. The maximum absolute atomic E-state index is 12.8. The molecule has 6 atom stereocenters. The summed E-state index contributed by atoms with van der Waals surface area (Å²) in [7, 11) is -4.62. The summed E-state index contributed by atoms with van der Waals surface area (Å²) in [5.41, 5.74) is 0. The van der Waals surface area contributed by atoms with Crippen molar-refractivity contribution in [2.24, 2.45) is 0 Å². The molecule has 12 nitrogen and oxygen atoms in total. The van der Waals surface area contributed by atoms with E-state index in [1.165, 1.54) is 57.8 Å². The molecule has 0 saturated carbocycles. The summed E-state index contributed by atoms with van der Waals surface area (Å²) in [6.45, 7) is 3.52. The maximum Gasteiger partial charge on any atom is 0.310 e. The summed E-state index contributed by atoms with van der Waals surface area (Å²) in [5.74, 6) is -2.16. The second-order valence-electron chi connectivity index (χ2n) is 15.7. The van der Waals surface area contributed by atoms with Gasteiger partial charge >= 0.3 is 11.9 Å². The van der Waals surface area contributed by atoms with Gasteiger partial charge in [0, 0.05) is 6.42 Å². The number of aliphatic hydroxyl groups excluding tert-OH is 3. The van der Waals surface area contributed by atoms with Crippen molar-refractivity contribution in [3.05, 3.63) is 85.1 Å². The van der Waals surface area contributed by atoms with Gasteiger partial charge in [-0.15, -0.1) is 0 Å². The number of hydrogen-bond acceptors (Lipinski definition) is 11. The zero-order valence-corrected chi connectivity index (χ0v) is 38.5. The van der Waals surface area contributed by atoms with Gasteiger partial charge in [0.15, 0.2) is 12.4 Å². The highest BCUT2D eigenvalue weighted by Gasteiger charge is 2.46. The zero-order chi connectivity index (χ0) is 45.5. The standard InChI is InChI=1S/C49H80O12S/c1-3-5-7-9-11-13-15-17-19-20-21-22-24-25-27-29-31-33-35-37-44(50)58-39-42(40-59-49-48(54)47(53)46(52)43(61-49)41-62(55,56)57)60-45(51)38-36-34-32-30-28-26-23-18-16-14-12-10-8-6-4-2/h6,8,11-14,17-19,23,28,30,34,36,42-43,46-49,52-54H,3-5,7,9-10,15-16,20-22,24-27,29,31-33,35,37-41H2,1-2H3,(H,55,56,57)/b8-6-,13-11-,14-12-,19-17-,23-18-,30-28-,36-34-. The van der Waals surface area contributed by atoms with Gasteiger partial charge in [-0.05, 0) is 70.6 Å². The number of aliphatic hydroxyl groups is 3. The minimum absolute atomic E-state index is 0.0728. The summed E-state index contributed by atoms with van der Waals surface area (Å²) in [4.78, 5) is 25.4. The van der Waals surface area contributed by atoms with Crippen molar-refractivity contribution in [2.75, 3.05) is 19.0 Å². The van der Waals surface area contributed by atoms with Gasteiger partial charge in [0.05, 0.1) is 13.0 Å². The molecule has 4 N–H and O–H groups in total.